The Balaban J connectivity index is 3.27. The van der Waals surface area contributed by atoms with E-state index < -0.39 is 10.5 Å². The summed E-state index contributed by atoms with van der Waals surface area (Å²) in [6.07, 6.45) is 0. The summed E-state index contributed by atoms with van der Waals surface area (Å²) in [6, 6.07) is 2.06. The minimum absolute atomic E-state index is 0.0556. The van der Waals surface area contributed by atoms with Crippen LogP contribution in [-0.4, -0.2) is 10.4 Å². The molecule has 0 heterocycles. The van der Waals surface area contributed by atoms with Gasteiger partial charge in [0, 0.05) is 0 Å². The van der Waals surface area contributed by atoms with Crippen molar-refractivity contribution in [2.45, 2.75) is 0 Å². The third-order valence-electron chi connectivity index (χ3n) is 1.68. The first-order valence-corrected chi connectivity index (χ1v) is 3.59. The molecule has 78 valence electrons. The van der Waals surface area contributed by atoms with Gasteiger partial charge in [0.05, 0.1) is 17.4 Å². The highest BCUT2D eigenvalue weighted by Gasteiger charge is 2.15. The van der Waals surface area contributed by atoms with E-state index in [0.29, 0.717) is 0 Å². The predicted molar refractivity (Wildman–Crippen MR) is 46.8 cm³/mol. The molecule has 8 nitrogen and oxygen atoms in total. The molecule has 0 spiro atoms. The summed E-state index contributed by atoms with van der Waals surface area (Å²) in [6.45, 7) is 0. The van der Waals surface area contributed by atoms with Crippen molar-refractivity contribution >= 4 is 22.7 Å². The molecule has 1 aromatic rings. The van der Waals surface area contributed by atoms with Crippen LogP contribution in [-0.2, 0) is 0 Å². The number of nitrogens with two attached hydrogens (primary N) is 2. The Morgan fingerprint density at radius 2 is 1.29 bits per heavy atom. The van der Waals surface area contributed by atoms with Crippen molar-refractivity contribution < 1.29 is 20.9 Å². The van der Waals surface area contributed by atoms with Crippen molar-refractivity contribution in [2.75, 3.05) is 11.5 Å². The molecule has 0 saturated carbocycles. The highest BCUT2D eigenvalue weighted by molar-refractivity contribution is 5.73. The second kappa shape index (κ2) is 3.75. The molecule has 0 bridgehead atoms. The van der Waals surface area contributed by atoms with Crippen molar-refractivity contribution in [3.8, 4) is 0 Å². The molecule has 0 aliphatic carbocycles. The standard InChI is InChI=1S/C6H10N4O4/c7-3-1-4(8)6(10(13)14)2-5(3)9(11)12/h1-2,9-11,13H,7-8H2. The van der Waals surface area contributed by atoms with E-state index in [9.17, 15) is 10.4 Å². The summed E-state index contributed by atoms with van der Waals surface area (Å²) < 4.78 is 0. The number of anilines is 2. The van der Waals surface area contributed by atoms with Crippen molar-refractivity contribution in [2.24, 2.45) is 0 Å². The van der Waals surface area contributed by atoms with Gasteiger partial charge in [0.25, 0.3) is 0 Å². The van der Waals surface area contributed by atoms with Crippen LogP contribution < -0.4 is 21.9 Å². The van der Waals surface area contributed by atoms with Crippen LogP contribution in [0.2, 0.25) is 0 Å². The molecule has 1 aromatic carbocycles. The Hall–Kier alpha value is -1.42. The van der Waals surface area contributed by atoms with Gasteiger partial charge < -0.3 is 21.9 Å². The zero-order valence-corrected chi connectivity index (χ0v) is 7.02. The van der Waals surface area contributed by atoms with Gasteiger partial charge >= 0.3 is 0 Å². The maximum Gasteiger partial charge on any atom is 0.193 e. The molecule has 0 fully saturated rings. The molecule has 1 rings (SSSR count). The number of quaternary nitrogens is 2. The van der Waals surface area contributed by atoms with Crippen molar-refractivity contribution in [1.82, 2.24) is 0 Å². The molecule has 0 saturated heterocycles. The maximum absolute atomic E-state index is 10.6. The van der Waals surface area contributed by atoms with Gasteiger partial charge in [0.1, 0.15) is 0 Å². The molecule has 0 amide bonds. The van der Waals surface area contributed by atoms with Crippen molar-refractivity contribution in [3.05, 3.63) is 22.5 Å². The van der Waals surface area contributed by atoms with E-state index in [1.54, 1.807) is 0 Å². The Labute approximate surface area is 78.6 Å². The monoisotopic (exact) mass is 202 g/mol. The molecule has 14 heavy (non-hydrogen) atoms. The lowest BCUT2D eigenvalue weighted by molar-refractivity contribution is -0.995. The van der Waals surface area contributed by atoms with Crippen LogP contribution in [0.4, 0.5) is 22.7 Å². The molecule has 2 unspecified atom stereocenters. The average molecular weight is 202 g/mol. The van der Waals surface area contributed by atoms with Crippen LogP contribution in [0.25, 0.3) is 0 Å². The number of rotatable bonds is 2. The number of nitrogen functional groups attached to an aromatic ring is 2. The van der Waals surface area contributed by atoms with Crippen LogP contribution in [0, 0.1) is 10.4 Å². The third-order valence-corrected chi connectivity index (χ3v) is 1.68. The summed E-state index contributed by atoms with van der Waals surface area (Å²) in [4.78, 5) is 0. The molecular weight excluding hydrogens is 192 g/mol. The van der Waals surface area contributed by atoms with E-state index in [1.807, 2.05) is 0 Å². The number of hydrogen-bond donors (Lipinski definition) is 6. The van der Waals surface area contributed by atoms with Crippen LogP contribution in [0.15, 0.2) is 12.1 Å². The molecule has 0 aromatic heterocycles. The maximum atomic E-state index is 10.6. The zero-order valence-electron chi connectivity index (χ0n) is 7.02. The lowest BCUT2D eigenvalue weighted by Gasteiger charge is -2.18. The number of nitrogens with one attached hydrogen (secondary N) is 2. The zero-order chi connectivity index (χ0) is 10.9. The smallest absolute Gasteiger partial charge is 0.193 e. The minimum Gasteiger partial charge on any atom is -0.595 e. The van der Waals surface area contributed by atoms with E-state index in [1.165, 1.54) is 0 Å². The minimum atomic E-state index is -1.29. The highest BCUT2D eigenvalue weighted by Crippen LogP contribution is 2.23. The summed E-state index contributed by atoms with van der Waals surface area (Å²) in [7, 11) is 0. The Morgan fingerprint density at radius 1 is 0.929 bits per heavy atom. The number of benzene rings is 1. The van der Waals surface area contributed by atoms with E-state index in [2.05, 4.69) is 0 Å². The summed E-state index contributed by atoms with van der Waals surface area (Å²) in [5, 5.41) is 35.9. The third kappa shape index (κ3) is 1.90. The van der Waals surface area contributed by atoms with E-state index in [-0.39, 0.29) is 22.7 Å². The number of hydrogen-bond acceptors (Lipinski definition) is 6. The van der Waals surface area contributed by atoms with Gasteiger partial charge in [-0.3, -0.25) is 0 Å². The molecule has 0 aliphatic rings. The Morgan fingerprint density at radius 3 is 1.57 bits per heavy atom. The average Bonchev–Trinajstić information content (AvgIpc) is 2.02. The van der Waals surface area contributed by atoms with Gasteiger partial charge in [-0.2, -0.15) is 10.5 Å². The first-order valence-electron chi connectivity index (χ1n) is 3.59. The van der Waals surface area contributed by atoms with Crippen molar-refractivity contribution in [3.63, 3.8) is 0 Å². The first kappa shape index (κ1) is 10.7. The second-order valence-corrected chi connectivity index (χ2v) is 2.64. The lowest BCUT2D eigenvalue weighted by Crippen LogP contribution is -3.01. The summed E-state index contributed by atoms with van der Waals surface area (Å²) in [5.74, 6) is 0. The SMILES string of the molecule is Nc1cc(N)c([NH+]([O-])O)cc1[NH+]([O-])O. The van der Waals surface area contributed by atoms with Gasteiger partial charge in [-0.05, 0) is 6.07 Å². The van der Waals surface area contributed by atoms with Crippen molar-refractivity contribution in [1.29, 1.82) is 0 Å². The molecule has 8 N–H and O–H groups in total. The molecule has 8 heteroatoms. The fourth-order valence-corrected chi connectivity index (χ4v) is 1.00. The summed E-state index contributed by atoms with van der Waals surface area (Å²) >= 11 is 0. The highest BCUT2D eigenvalue weighted by atomic mass is 16.8. The quantitative estimate of drug-likeness (QED) is 0.234. The molecule has 0 aliphatic heterocycles. The fourth-order valence-electron chi connectivity index (χ4n) is 1.00. The van der Waals surface area contributed by atoms with E-state index in [0.717, 1.165) is 12.1 Å². The van der Waals surface area contributed by atoms with E-state index >= 15 is 0 Å². The van der Waals surface area contributed by atoms with Gasteiger partial charge in [-0.15, -0.1) is 0 Å². The van der Waals surface area contributed by atoms with Gasteiger partial charge in [0.15, 0.2) is 11.4 Å². The Bertz CT molecular complexity index is 312. The van der Waals surface area contributed by atoms with Gasteiger partial charge in [-0.1, -0.05) is 0 Å². The molecular formula is C6H10N4O4. The topological polar surface area (TPSA) is 148 Å². The fraction of sp³-hybridized carbons (Fsp3) is 0. The first-order chi connectivity index (χ1) is 6.43. The predicted octanol–water partition coefficient (Wildman–Crippen LogP) is -2.34. The van der Waals surface area contributed by atoms with Crippen LogP contribution in [0.3, 0.4) is 0 Å². The largest absolute Gasteiger partial charge is 0.595 e. The normalized spacial score (nSPS) is 15.1. The lowest BCUT2D eigenvalue weighted by atomic mass is 10.2. The van der Waals surface area contributed by atoms with Gasteiger partial charge in [-0.25, -0.2) is 10.4 Å². The van der Waals surface area contributed by atoms with Crippen LogP contribution in [0.1, 0.15) is 0 Å². The second-order valence-electron chi connectivity index (χ2n) is 2.64. The van der Waals surface area contributed by atoms with Crippen LogP contribution >= 0.6 is 0 Å². The van der Waals surface area contributed by atoms with E-state index in [4.69, 9.17) is 21.9 Å². The molecule has 2 atom stereocenters. The molecule has 0 radical (unpaired) electrons. The van der Waals surface area contributed by atoms with Crippen LogP contribution in [0.5, 0.6) is 0 Å². The summed E-state index contributed by atoms with van der Waals surface area (Å²) in [5.41, 5.74) is 10.0. The Kier molecular flexibility index (Phi) is 2.86. The van der Waals surface area contributed by atoms with Gasteiger partial charge in [0.2, 0.25) is 0 Å².